The minimum absolute atomic E-state index is 0.557. The molecule has 0 aliphatic carbocycles. The first-order valence-corrected chi connectivity index (χ1v) is 6.85. The molecule has 2 saturated heterocycles. The van der Waals surface area contributed by atoms with Crippen molar-refractivity contribution >= 4 is 11.8 Å². The van der Waals surface area contributed by atoms with Gasteiger partial charge in [-0.3, -0.25) is 0 Å². The molecule has 0 amide bonds. The van der Waals surface area contributed by atoms with Crippen LogP contribution in [0.25, 0.3) is 0 Å². The summed E-state index contributed by atoms with van der Waals surface area (Å²) >= 11 is 2.10. The Balaban J connectivity index is 1.75. The van der Waals surface area contributed by atoms with Crippen molar-refractivity contribution in [3.8, 4) is 0 Å². The van der Waals surface area contributed by atoms with Crippen LogP contribution in [0.1, 0.15) is 20.3 Å². The van der Waals surface area contributed by atoms with E-state index in [1.807, 2.05) is 0 Å². The summed E-state index contributed by atoms with van der Waals surface area (Å²) in [7, 11) is 0. The van der Waals surface area contributed by atoms with Gasteiger partial charge in [-0.2, -0.15) is 11.8 Å². The second-order valence-electron chi connectivity index (χ2n) is 5.38. The van der Waals surface area contributed by atoms with Gasteiger partial charge in [-0.25, -0.2) is 0 Å². The minimum Gasteiger partial charge on any atom is -0.311 e. The molecule has 2 nitrogen and oxygen atoms in total. The maximum atomic E-state index is 3.61. The Kier molecular flexibility index (Phi) is 3.40. The van der Waals surface area contributed by atoms with Crippen molar-refractivity contribution in [2.24, 2.45) is 5.41 Å². The highest BCUT2D eigenvalue weighted by Gasteiger charge is 2.30. The molecule has 3 heteroatoms. The van der Waals surface area contributed by atoms with Gasteiger partial charge in [-0.15, -0.1) is 0 Å². The van der Waals surface area contributed by atoms with E-state index in [2.05, 4.69) is 35.8 Å². The van der Waals surface area contributed by atoms with E-state index in [1.54, 1.807) is 0 Å². The summed E-state index contributed by atoms with van der Waals surface area (Å²) in [6, 6.07) is 0.739. The Hall–Kier alpha value is 0.270. The monoisotopic (exact) mass is 214 g/mol. The summed E-state index contributed by atoms with van der Waals surface area (Å²) in [5, 5.41) is 3.61. The third-order valence-electron chi connectivity index (χ3n) is 3.23. The standard InChI is InChI=1S/C11H22N2S/c1-11(2)3-5-13(9-11)7-10-8-14-6-4-12-10/h10,12H,3-9H2,1-2H3. The fourth-order valence-electron chi connectivity index (χ4n) is 2.43. The Bertz CT molecular complexity index is 188. The van der Waals surface area contributed by atoms with Crippen molar-refractivity contribution in [2.75, 3.05) is 37.7 Å². The van der Waals surface area contributed by atoms with Gasteiger partial charge in [-0.1, -0.05) is 13.8 Å². The molecule has 1 unspecified atom stereocenters. The van der Waals surface area contributed by atoms with E-state index in [9.17, 15) is 0 Å². The average molecular weight is 214 g/mol. The quantitative estimate of drug-likeness (QED) is 0.748. The maximum absolute atomic E-state index is 3.61. The lowest BCUT2D eigenvalue weighted by molar-refractivity contribution is 0.267. The van der Waals surface area contributed by atoms with Gasteiger partial charge in [0, 0.05) is 37.2 Å². The summed E-state index contributed by atoms with van der Waals surface area (Å²) in [5.74, 6) is 2.60. The lowest BCUT2D eigenvalue weighted by Gasteiger charge is -2.28. The van der Waals surface area contributed by atoms with Crippen LogP contribution in [0.4, 0.5) is 0 Å². The molecular weight excluding hydrogens is 192 g/mol. The Morgan fingerprint density at radius 1 is 1.50 bits per heavy atom. The zero-order valence-corrected chi connectivity index (χ0v) is 10.2. The molecule has 1 atom stereocenters. The normalized spacial score (nSPS) is 33.4. The molecule has 2 aliphatic heterocycles. The zero-order chi connectivity index (χ0) is 10.0. The predicted octanol–water partition coefficient (Wildman–Crippen LogP) is 1.42. The van der Waals surface area contributed by atoms with E-state index in [1.165, 1.54) is 44.1 Å². The summed E-state index contributed by atoms with van der Waals surface area (Å²) in [6.07, 6.45) is 1.37. The van der Waals surface area contributed by atoms with Crippen LogP contribution in [0.15, 0.2) is 0 Å². The molecular formula is C11H22N2S. The fourth-order valence-corrected chi connectivity index (χ4v) is 3.37. The molecule has 0 bridgehead atoms. The SMILES string of the molecule is CC1(C)CCN(CC2CSCCN2)C1. The molecule has 2 fully saturated rings. The van der Waals surface area contributed by atoms with Gasteiger partial charge in [0.1, 0.15) is 0 Å². The summed E-state index contributed by atoms with van der Waals surface area (Å²) in [5.41, 5.74) is 0.557. The van der Waals surface area contributed by atoms with Gasteiger partial charge in [0.05, 0.1) is 0 Å². The number of rotatable bonds is 2. The second-order valence-corrected chi connectivity index (χ2v) is 6.53. The van der Waals surface area contributed by atoms with Crippen LogP contribution in [-0.2, 0) is 0 Å². The van der Waals surface area contributed by atoms with Gasteiger partial charge in [-0.05, 0) is 18.4 Å². The van der Waals surface area contributed by atoms with Crippen molar-refractivity contribution in [1.82, 2.24) is 10.2 Å². The minimum atomic E-state index is 0.557. The van der Waals surface area contributed by atoms with Gasteiger partial charge >= 0.3 is 0 Å². The lowest BCUT2D eigenvalue weighted by atomic mass is 9.93. The topological polar surface area (TPSA) is 15.3 Å². The number of hydrogen-bond donors (Lipinski definition) is 1. The van der Waals surface area contributed by atoms with E-state index in [0.717, 1.165) is 6.04 Å². The third kappa shape index (κ3) is 2.88. The van der Waals surface area contributed by atoms with Crippen molar-refractivity contribution < 1.29 is 0 Å². The fraction of sp³-hybridized carbons (Fsp3) is 1.00. The van der Waals surface area contributed by atoms with Crippen LogP contribution in [0.3, 0.4) is 0 Å². The van der Waals surface area contributed by atoms with Crippen molar-refractivity contribution in [3.05, 3.63) is 0 Å². The molecule has 2 aliphatic rings. The second kappa shape index (κ2) is 4.42. The van der Waals surface area contributed by atoms with Crippen LogP contribution in [0, 0.1) is 5.41 Å². The van der Waals surface area contributed by atoms with Crippen molar-refractivity contribution in [2.45, 2.75) is 26.3 Å². The van der Waals surface area contributed by atoms with Gasteiger partial charge < -0.3 is 10.2 Å². The van der Waals surface area contributed by atoms with Crippen LogP contribution in [0.2, 0.25) is 0 Å². The summed E-state index contributed by atoms with van der Waals surface area (Å²) in [6.45, 7) is 9.82. The van der Waals surface area contributed by atoms with Crippen LogP contribution in [0.5, 0.6) is 0 Å². The molecule has 0 aromatic rings. The number of likely N-dealkylation sites (tertiary alicyclic amines) is 1. The average Bonchev–Trinajstić information content (AvgIpc) is 2.47. The third-order valence-corrected chi connectivity index (χ3v) is 4.36. The largest absolute Gasteiger partial charge is 0.311 e. The zero-order valence-electron chi connectivity index (χ0n) is 9.38. The molecule has 1 N–H and O–H groups in total. The van der Waals surface area contributed by atoms with Crippen LogP contribution in [-0.4, -0.2) is 48.6 Å². The summed E-state index contributed by atoms with van der Waals surface area (Å²) < 4.78 is 0. The van der Waals surface area contributed by atoms with E-state index >= 15 is 0 Å². The molecule has 0 spiro atoms. The van der Waals surface area contributed by atoms with Gasteiger partial charge in [0.25, 0.3) is 0 Å². The molecule has 0 aromatic carbocycles. The number of thioether (sulfide) groups is 1. The molecule has 2 rings (SSSR count). The maximum Gasteiger partial charge on any atom is 0.0285 e. The highest BCUT2D eigenvalue weighted by atomic mass is 32.2. The van der Waals surface area contributed by atoms with Crippen molar-refractivity contribution in [1.29, 1.82) is 0 Å². The highest BCUT2D eigenvalue weighted by Crippen LogP contribution is 2.28. The van der Waals surface area contributed by atoms with Crippen LogP contribution >= 0.6 is 11.8 Å². The van der Waals surface area contributed by atoms with Crippen molar-refractivity contribution in [3.63, 3.8) is 0 Å². The molecule has 0 aromatic heterocycles. The first kappa shape index (κ1) is 10.8. The number of hydrogen-bond acceptors (Lipinski definition) is 3. The van der Waals surface area contributed by atoms with E-state index in [4.69, 9.17) is 0 Å². The van der Waals surface area contributed by atoms with E-state index < -0.39 is 0 Å². The predicted molar refractivity (Wildman–Crippen MR) is 64.0 cm³/mol. The molecule has 0 radical (unpaired) electrons. The smallest absolute Gasteiger partial charge is 0.0285 e. The van der Waals surface area contributed by atoms with Gasteiger partial charge in [0.2, 0.25) is 0 Å². The lowest BCUT2D eigenvalue weighted by Crippen LogP contribution is -2.45. The molecule has 82 valence electrons. The molecule has 14 heavy (non-hydrogen) atoms. The Labute approximate surface area is 91.8 Å². The van der Waals surface area contributed by atoms with E-state index in [0.29, 0.717) is 5.41 Å². The molecule has 2 heterocycles. The first-order valence-electron chi connectivity index (χ1n) is 5.69. The first-order chi connectivity index (χ1) is 6.66. The Morgan fingerprint density at radius 2 is 2.36 bits per heavy atom. The van der Waals surface area contributed by atoms with Crippen LogP contribution < -0.4 is 5.32 Å². The molecule has 0 saturated carbocycles. The Morgan fingerprint density at radius 3 is 2.93 bits per heavy atom. The number of nitrogens with zero attached hydrogens (tertiary/aromatic N) is 1. The van der Waals surface area contributed by atoms with E-state index in [-0.39, 0.29) is 0 Å². The highest BCUT2D eigenvalue weighted by molar-refractivity contribution is 7.99. The summed E-state index contributed by atoms with van der Waals surface area (Å²) in [4.78, 5) is 2.63. The van der Waals surface area contributed by atoms with Gasteiger partial charge in [0.15, 0.2) is 0 Å². The number of nitrogens with one attached hydrogen (secondary N) is 1.